The van der Waals surface area contributed by atoms with Gasteiger partial charge < -0.3 is 5.32 Å². The van der Waals surface area contributed by atoms with Crippen LogP contribution in [0, 0.1) is 0 Å². The van der Waals surface area contributed by atoms with Crippen LogP contribution >= 0.6 is 0 Å². The summed E-state index contributed by atoms with van der Waals surface area (Å²) in [5, 5.41) is 2.99. The molecule has 1 unspecified atom stereocenters. The molecule has 0 bridgehead atoms. The third-order valence-electron chi connectivity index (χ3n) is 4.67. The van der Waals surface area contributed by atoms with Gasteiger partial charge in [-0.15, -0.1) is 0 Å². The highest BCUT2D eigenvalue weighted by Crippen LogP contribution is 2.27. The number of carbonyl (C=O) groups is 1. The number of carbonyl (C=O) groups excluding carboxylic acids is 1. The molecular weight excluding hydrogens is 298 g/mol. The number of nitrogens with zero attached hydrogens (tertiary/aromatic N) is 2. The second kappa shape index (κ2) is 8.60. The zero-order chi connectivity index (χ0) is 16.6. The molecule has 0 aliphatic carbocycles. The van der Waals surface area contributed by atoms with Crippen LogP contribution in [0.5, 0.6) is 0 Å². The lowest BCUT2D eigenvalue weighted by molar-refractivity contribution is -0.122. The molecule has 0 saturated carbocycles. The van der Waals surface area contributed by atoms with Gasteiger partial charge in [0.05, 0.1) is 6.54 Å². The molecule has 24 heavy (non-hydrogen) atoms. The second-order valence-electron chi connectivity index (χ2n) is 6.45. The van der Waals surface area contributed by atoms with Crippen molar-refractivity contribution in [3.63, 3.8) is 0 Å². The van der Waals surface area contributed by atoms with Crippen LogP contribution in [0.15, 0.2) is 54.9 Å². The maximum atomic E-state index is 12.2. The van der Waals surface area contributed by atoms with Gasteiger partial charge in [-0.3, -0.25) is 14.7 Å². The van der Waals surface area contributed by atoms with Gasteiger partial charge in [-0.25, -0.2) is 0 Å². The molecule has 1 aromatic heterocycles. The summed E-state index contributed by atoms with van der Waals surface area (Å²) in [6.45, 7) is 3.03. The zero-order valence-corrected chi connectivity index (χ0v) is 14.0. The van der Waals surface area contributed by atoms with E-state index in [1.54, 1.807) is 12.4 Å². The first-order valence-corrected chi connectivity index (χ1v) is 8.74. The number of rotatable bonds is 5. The molecule has 4 nitrogen and oxygen atoms in total. The normalized spacial score (nSPS) is 18.8. The number of pyridine rings is 1. The predicted molar refractivity (Wildman–Crippen MR) is 95.6 cm³/mol. The van der Waals surface area contributed by atoms with Crippen molar-refractivity contribution in [1.29, 1.82) is 0 Å². The zero-order valence-electron chi connectivity index (χ0n) is 14.0. The lowest BCUT2D eigenvalue weighted by Crippen LogP contribution is -2.37. The van der Waals surface area contributed by atoms with Crippen LogP contribution in [-0.4, -0.2) is 35.4 Å². The minimum atomic E-state index is 0.0945. The van der Waals surface area contributed by atoms with Crippen molar-refractivity contribution in [2.75, 3.05) is 19.6 Å². The predicted octanol–water partition coefficient (Wildman–Crippen LogP) is 2.97. The van der Waals surface area contributed by atoms with Gasteiger partial charge in [-0.1, -0.05) is 36.4 Å². The summed E-state index contributed by atoms with van der Waals surface area (Å²) < 4.78 is 0. The summed E-state index contributed by atoms with van der Waals surface area (Å²) in [6, 6.07) is 14.6. The molecular formula is C20H25N3O. The number of aromatic nitrogens is 1. The first-order valence-electron chi connectivity index (χ1n) is 8.74. The van der Waals surface area contributed by atoms with Crippen LogP contribution < -0.4 is 5.32 Å². The summed E-state index contributed by atoms with van der Waals surface area (Å²) in [4.78, 5) is 18.5. The van der Waals surface area contributed by atoms with E-state index in [4.69, 9.17) is 0 Å². The topological polar surface area (TPSA) is 45.2 Å². The van der Waals surface area contributed by atoms with Gasteiger partial charge in [0.1, 0.15) is 0 Å². The van der Waals surface area contributed by atoms with E-state index in [1.807, 2.05) is 12.1 Å². The fourth-order valence-corrected chi connectivity index (χ4v) is 3.33. The Balaban J connectivity index is 1.45. The average molecular weight is 323 g/mol. The van der Waals surface area contributed by atoms with Crippen molar-refractivity contribution in [3.05, 3.63) is 66.0 Å². The molecule has 1 fully saturated rings. The fourth-order valence-electron chi connectivity index (χ4n) is 3.33. The molecule has 1 aliphatic rings. The van der Waals surface area contributed by atoms with Crippen molar-refractivity contribution >= 4 is 5.91 Å². The first-order chi connectivity index (χ1) is 11.8. The van der Waals surface area contributed by atoms with Crippen molar-refractivity contribution in [3.8, 4) is 0 Å². The van der Waals surface area contributed by atoms with Crippen molar-refractivity contribution in [2.45, 2.75) is 31.7 Å². The Bertz CT molecular complexity index is 630. The van der Waals surface area contributed by atoms with Crippen LogP contribution in [-0.2, 0) is 11.3 Å². The van der Waals surface area contributed by atoms with Crippen LogP contribution in [0.1, 0.15) is 36.3 Å². The average Bonchev–Trinajstić information content (AvgIpc) is 2.87. The van der Waals surface area contributed by atoms with Gasteiger partial charge in [0, 0.05) is 18.9 Å². The minimum Gasteiger partial charge on any atom is -0.351 e. The van der Waals surface area contributed by atoms with E-state index in [9.17, 15) is 4.79 Å². The van der Waals surface area contributed by atoms with E-state index in [1.165, 1.54) is 12.0 Å². The molecule has 1 atom stereocenters. The molecule has 3 rings (SSSR count). The third-order valence-corrected chi connectivity index (χ3v) is 4.67. The molecule has 1 amide bonds. The number of benzene rings is 1. The van der Waals surface area contributed by atoms with Gasteiger partial charge in [0.2, 0.25) is 5.91 Å². The largest absolute Gasteiger partial charge is 0.351 e. The summed E-state index contributed by atoms with van der Waals surface area (Å²) >= 11 is 0. The van der Waals surface area contributed by atoms with Gasteiger partial charge in [-0.05, 0) is 55.5 Å². The van der Waals surface area contributed by atoms with E-state index in [0.717, 1.165) is 31.5 Å². The molecule has 4 heteroatoms. The lowest BCUT2D eigenvalue weighted by atomic mass is 9.92. The second-order valence-corrected chi connectivity index (χ2v) is 6.45. The van der Waals surface area contributed by atoms with Crippen LogP contribution in [0.4, 0.5) is 0 Å². The van der Waals surface area contributed by atoms with E-state index in [-0.39, 0.29) is 5.91 Å². The summed E-state index contributed by atoms with van der Waals surface area (Å²) in [6.07, 6.45) is 7.01. The highest BCUT2D eigenvalue weighted by atomic mass is 16.2. The third kappa shape index (κ3) is 4.90. The summed E-state index contributed by atoms with van der Waals surface area (Å²) in [5.41, 5.74) is 2.46. The lowest BCUT2D eigenvalue weighted by Gasteiger charge is -2.19. The minimum absolute atomic E-state index is 0.0945. The van der Waals surface area contributed by atoms with Gasteiger partial charge in [-0.2, -0.15) is 0 Å². The standard InChI is InChI=1S/C20H25N3O/c24-20(22-15-17-6-4-11-21-14-17)16-23-12-5-9-19(10-13-23)18-7-2-1-3-8-18/h1-4,6-8,11,14,19H,5,9-10,12-13,15-16H2,(H,22,24). The Morgan fingerprint density at radius 3 is 2.79 bits per heavy atom. The first kappa shape index (κ1) is 16.7. The smallest absolute Gasteiger partial charge is 0.234 e. The van der Waals surface area contributed by atoms with Crippen molar-refractivity contribution < 1.29 is 4.79 Å². The highest BCUT2D eigenvalue weighted by Gasteiger charge is 2.19. The Kier molecular flexibility index (Phi) is 5.96. The van der Waals surface area contributed by atoms with Gasteiger partial charge >= 0.3 is 0 Å². The van der Waals surface area contributed by atoms with Crippen LogP contribution in [0.25, 0.3) is 0 Å². The molecule has 1 saturated heterocycles. The molecule has 2 heterocycles. The molecule has 0 spiro atoms. The Hall–Kier alpha value is -2.20. The van der Waals surface area contributed by atoms with Crippen LogP contribution in [0.3, 0.4) is 0 Å². The quantitative estimate of drug-likeness (QED) is 0.920. The molecule has 0 radical (unpaired) electrons. The maximum absolute atomic E-state index is 12.2. The van der Waals surface area contributed by atoms with E-state index in [2.05, 4.69) is 45.5 Å². The van der Waals surface area contributed by atoms with Crippen LogP contribution in [0.2, 0.25) is 0 Å². The van der Waals surface area contributed by atoms with Gasteiger partial charge in [0.25, 0.3) is 0 Å². The highest BCUT2D eigenvalue weighted by molar-refractivity contribution is 5.78. The SMILES string of the molecule is O=C(CN1CCCC(c2ccccc2)CC1)NCc1cccnc1. The Labute approximate surface area is 143 Å². The number of nitrogens with one attached hydrogen (secondary N) is 1. The number of hydrogen-bond acceptors (Lipinski definition) is 3. The molecule has 2 aromatic rings. The Morgan fingerprint density at radius 2 is 2.00 bits per heavy atom. The van der Waals surface area contributed by atoms with Crippen molar-refractivity contribution in [1.82, 2.24) is 15.2 Å². The van der Waals surface area contributed by atoms with E-state index < -0.39 is 0 Å². The number of hydrogen-bond donors (Lipinski definition) is 1. The number of amides is 1. The van der Waals surface area contributed by atoms with Crippen molar-refractivity contribution in [2.24, 2.45) is 0 Å². The Morgan fingerprint density at radius 1 is 1.12 bits per heavy atom. The molecule has 1 aliphatic heterocycles. The van der Waals surface area contributed by atoms with Gasteiger partial charge in [0.15, 0.2) is 0 Å². The summed E-state index contributed by atoms with van der Waals surface area (Å²) in [7, 11) is 0. The summed E-state index contributed by atoms with van der Waals surface area (Å²) in [5.74, 6) is 0.715. The monoisotopic (exact) mass is 323 g/mol. The number of likely N-dealkylation sites (tertiary alicyclic amines) is 1. The fraction of sp³-hybridized carbons (Fsp3) is 0.400. The molecule has 126 valence electrons. The maximum Gasteiger partial charge on any atom is 0.234 e. The molecule has 1 aromatic carbocycles. The van der Waals surface area contributed by atoms with E-state index in [0.29, 0.717) is 19.0 Å². The van der Waals surface area contributed by atoms with E-state index >= 15 is 0 Å². The molecule has 1 N–H and O–H groups in total.